The van der Waals surface area contributed by atoms with E-state index < -0.39 is 11.7 Å². The maximum absolute atomic E-state index is 13.0. The fraction of sp³-hybridized carbons (Fsp3) is 0.462. The molecule has 35 heavy (non-hydrogen) atoms. The number of carbonyl (C=O) groups is 2. The molecule has 3 rings (SSSR count). The Morgan fingerprint density at radius 2 is 1.77 bits per heavy atom. The first kappa shape index (κ1) is 26.5. The van der Waals surface area contributed by atoms with Crippen LogP contribution in [-0.4, -0.2) is 56.0 Å². The molecule has 1 heterocycles. The van der Waals surface area contributed by atoms with Crippen molar-refractivity contribution >= 4 is 11.8 Å². The lowest BCUT2D eigenvalue weighted by atomic mass is 9.88. The van der Waals surface area contributed by atoms with Crippen LogP contribution in [0.1, 0.15) is 24.5 Å². The van der Waals surface area contributed by atoms with Gasteiger partial charge in [-0.05, 0) is 36.6 Å². The molecule has 6 nitrogen and oxygen atoms in total. The topological polar surface area (TPSA) is 70.7 Å². The smallest absolute Gasteiger partial charge is 0.416 e. The second kappa shape index (κ2) is 12.6. The van der Waals surface area contributed by atoms with Gasteiger partial charge in [-0.3, -0.25) is 9.59 Å². The summed E-state index contributed by atoms with van der Waals surface area (Å²) in [6, 6.07) is 14.9. The van der Waals surface area contributed by atoms with Crippen LogP contribution < -0.4 is 15.4 Å². The minimum absolute atomic E-state index is 0.0137. The number of nitrogens with one attached hydrogen (secondary N) is 2. The van der Waals surface area contributed by atoms with Crippen molar-refractivity contribution in [1.29, 1.82) is 0 Å². The predicted molar refractivity (Wildman–Crippen MR) is 127 cm³/mol. The molecule has 9 heteroatoms. The molecule has 2 aromatic carbocycles. The number of halogens is 3. The van der Waals surface area contributed by atoms with Gasteiger partial charge in [0.1, 0.15) is 5.75 Å². The average molecular weight is 492 g/mol. The monoisotopic (exact) mass is 491 g/mol. The van der Waals surface area contributed by atoms with Crippen LogP contribution >= 0.6 is 0 Å². The Morgan fingerprint density at radius 1 is 1.03 bits per heavy atom. The normalized spacial score (nSPS) is 18.6. The molecule has 0 unspecified atom stereocenters. The van der Waals surface area contributed by atoms with Gasteiger partial charge in [0.15, 0.2) is 0 Å². The fourth-order valence-corrected chi connectivity index (χ4v) is 4.27. The van der Waals surface area contributed by atoms with E-state index in [0.29, 0.717) is 32.6 Å². The molecule has 2 atom stereocenters. The zero-order chi connectivity index (χ0) is 25.3. The summed E-state index contributed by atoms with van der Waals surface area (Å²) >= 11 is 0. The van der Waals surface area contributed by atoms with Crippen LogP contribution in [0.2, 0.25) is 0 Å². The molecule has 1 saturated heterocycles. The SMILES string of the molecule is CC(=O)NCCNC(=O)[C@@H]1C[C@H](COc2cccc(C(F)(F)F)c2)CN(CCc2ccccc2)C1. The van der Waals surface area contributed by atoms with E-state index in [1.54, 1.807) is 0 Å². The molecule has 1 aliphatic heterocycles. The molecular weight excluding hydrogens is 459 g/mol. The Bertz CT molecular complexity index is 969. The Balaban J connectivity index is 1.61. The molecule has 2 amide bonds. The third kappa shape index (κ3) is 8.90. The summed E-state index contributed by atoms with van der Waals surface area (Å²) in [4.78, 5) is 26.1. The molecule has 2 aromatic rings. The molecule has 1 aliphatic rings. The second-order valence-electron chi connectivity index (χ2n) is 8.90. The van der Waals surface area contributed by atoms with E-state index in [2.05, 4.69) is 27.7 Å². The van der Waals surface area contributed by atoms with Gasteiger partial charge in [-0.2, -0.15) is 13.2 Å². The first-order chi connectivity index (χ1) is 16.7. The van der Waals surface area contributed by atoms with Crippen LogP contribution in [-0.2, 0) is 22.2 Å². The van der Waals surface area contributed by atoms with Crippen molar-refractivity contribution in [3.63, 3.8) is 0 Å². The van der Waals surface area contributed by atoms with Gasteiger partial charge < -0.3 is 20.3 Å². The number of piperidine rings is 1. The maximum Gasteiger partial charge on any atom is 0.416 e. The van der Waals surface area contributed by atoms with Gasteiger partial charge in [0.25, 0.3) is 0 Å². The Morgan fingerprint density at radius 3 is 2.49 bits per heavy atom. The van der Waals surface area contributed by atoms with E-state index in [9.17, 15) is 22.8 Å². The quantitative estimate of drug-likeness (QED) is 0.499. The minimum atomic E-state index is -4.43. The van der Waals surface area contributed by atoms with E-state index in [-0.39, 0.29) is 36.0 Å². The van der Waals surface area contributed by atoms with Gasteiger partial charge in [-0.25, -0.2) is 0 Å². The van der Waals surface area contributed by atoms with Crippen LogP contribution in [0.3, 0.4) is 0 Å². The number of likely N-dealkylation sites (tertiary alicyclic amines) is 1. The zero-order valence-corrected chi connectivity index (χ0v) is 19.8. The molecule has 0 bridgehead atoms. The summed E-state index contributed by atoms with van der Waals surface area (Å²) < 4.78 is 44.8. The number of hydrogen-bond donors (Lipinski definition) is 2. The van der Waals surface area contributed by atoms with E-state index in [1.807, 2.05) is 18.2 Å². The highest BCUT2D eigenvalue weighted by molar-refractivity contribution is 5.79. The summed E-state index contributed by atoms with van der Waals surface area (Å²) in [6.45, 7) is 4.39. The summed E-state index contributed by atoms with van der Waals surface area (Å²) in [6.07, 6.45) is -3.02. The second-order valence-corrected chi connectivity index (χ2v) is 8.90. The Hall–Kier alpha value is -3.07. The molecule has 1 fully saturated rings. The third-order valence-corrected chi connectivity index (χ3v) is 5.99. The molecular formula is C26H32F3N3O3. The number of hydrogen-bond acceptors (Lipinski definition) is 4. The van der Waals surface area contributed by atoms with E-state index >= 15 is 0 Å². The van der Waals surface area contributed by atoms with Crippen molar-refractivity contribution in [2.45, 2.75) is 25.9 Å². The number of benzene rings is 2. The van der Waals surface area contributed by atoms with Crippen molar-refractivity contribution in [3.8, 4) is 5.75 Å². The van der Waals surface area contributed by atoms with Crippen LogP contribution in [0.5, 0.6) is 5.75 Å². The largest absolute Gasteiger partial charge is 0.493 e. The fourth-order valence-electron chi connectivity index (χ4n) is 4.27. The minimum Gasteiger partial charge on any atom is -0.493 e. The maximum atomic E-state index is 13.0. The molecule has 0 saturated carbocycles. The van der Waals surface area contributed by atoms with Crippen molar-refractivity contribution in [3.05, 3.63) is 65.7 Å². The van der Waals surface area contributed by atoms with Gasteiger partial charge >= 0.3 is 6.18 Å². The van der Waals surface area contributed by atoms with Crippen molar-refractivity contribution in [2.75, 3.05) is 39.3 Å². The van der Waals surface area contributed by atoms with Crippen molar-refractivity contribution in [1.82, 2.24) is 15.5 Å². The molecule has 0 radical (unpaired) electrons. The van der Waals surface area contributed by atoms with E-state index in [0.717, 1.165) is 25.1 Å². The lowest BCUT2D eigenvalue weighted by Gasteiger charge is -2.37. The summed E-state index contributed by atoms with van der Waals surface area (Å²) in [5.41, 5.74) is 0.450. The lowest BCUT2D eigenvalue weighted by Crippen LogP contribution is -2.49. The molecule has 0 aromatic heterocycles. The molecule has 2 N–H and O–H groups in total. The number of alkyl halides is 3. The number of ether oxygens (including phenoxy) is 1. The van der Waals surface area contributed by atoms with Gasteiger partial charge in [0.2, 0.25) is 11.8 Å². The highest BCUT2D eigenvalue weighted by atomic mass is 19.4. The summed E-state index contributed by atoms with van der Waals surface area (Å²) in [5, 5.41) is 5.52. The van der Waals surface area contributed by atoms with Crippen molar-refractivity contribution in [2.24, 2.45) is 11.8 Å². The van der Waals surface area contributed by atoms with Gasteiger partial charge in [0, 0.05) is 45.6 Å². The molecule has 0 aliphatic carbocycles. The third-order valence-electron chi connectivity index (χ3n) is 5.99. The van der Waals surface area contributed by atoms with E-state index in [1.165, 1.54) is 24.6 Å². The van der Waals surface area contributed by atoms with Gasteiger partial charge in [0.05, 0.1) is 18.1 Å². The van der Waals surface area contributed by atoms with Crippen LogP contribution in [0.4, 0.5) is 13.2 Å². The first-order valence-corrected chi connectivity index (χ1v) is 11.8. The lowest BCUT2D eigenvalue weighted by molar-refractivity contribution is -0.137. The Labute approximate surface area is 203 Å². The number of rotatable bonds is 10. The predicted octanol–water partition coefficient (Wildman–Crippen LogP) is 3.52. The number of amides is 2. The van der Waals surface area contributed by atoms with Crippen LogP contribution in [0.15, 0.2) is 54.6 Å². The summed E-state index contributed by atoms with van der Waals surface area (Å²) in [5.74, 6) is -0.371. The average Bonchev–Trinajstić information content (AvgIpc) is 2.84. The van der Waals surface area contributed by atoms with Crippen LogP contribution in [0.25, 0.3) is 0 Å². The Kier molecular flexibility index (Phi) is 9.54. The number of nitrogens with zero attached hydrogens (tertiary/aromatic N) is 1. The zero-order valence-electron chi connectivity index (χ0n) is 19.8. The highest BCUT2D eigenvalue weighted by Gasteiger charge is 2.33. The van der Waals surface area contributed by atoms with Gasteiger partial charge in [-0.15, -0.1) is 0 Å². The summed E-state index contributed by atoms with van der Waals surface area (Å²) in [7, 11) is 0. The van der Waals surface area contributed by atoms with E-state index in [4.69, 9.17) is 4.74 Å². The molecule has 0 spiro atoms. The highest BCUT2D eigenvalue weighted by Crippen LogP contribution is 2.32. The molecule has 190 valence electrons. The van der Waals surface area contributed by atoms with Crippen LogP contribution in [0, 0.1) is 11.8 Å². The van der Waals surface area contributed by atoms with Gasteiger partial charge in [-0.1, -0.05) is 36.4 Å². The standard InChI is InChI=1S/C26H32F3N3O3/c1-19(33)30-11-12-31-25(34)22-14-21(16-32(17-22)13-10-20-6-3-2-4-7-20)18-35-24-9-5-8-23(15-24)26(27,28)29/h2-9,15,21-22H,10-14,16-18H2,1H3,(H,30,33)(H,31,34)/t21-,22+/m0/s1. The van der Waals surface area contributed by atoms with Crippen molar-refractivity contribution < 1.29 is 27.5 Å². The number of carbonyl (C=O) groups excluding carboxylic acids is 2. The first-order valence-electron chi connectivity index (χ1n) is 11.8.